The van der Waals surface area contributed by atoms with Gasteiger partial charge < -0.3 is 14.6 Å². The van der Waals surface area contributed by atoms with Gasteiger partial charge in [-0.05, 0) is 47.2 Å². The molecule has 0 fully saturated rings. The van der Waals surface area contributed by atoms with Gasteiger partial charge in [0, 0.05) is 16.5 Å². The van der Waals surface area contributed by atoms with E-state index in [1.807, 2.05) is 91.0 Å². The first-order valence-corrected chi connectivity index (χ1v) is 9.56. The fourth-order valence-corrected chi connectivity index (χ4v) is 3.66. The highest BCUT2D eigenvalue weighted by Gasteiger charge is 2.12. The Morgan fingerprint density at radius 1 is 0.767 bits per heavy atom. The van der Waals surface area contributed by atoms with Crippen LogP contribution in [0.15, 0.2) is 97.1 Å². The highest BCUT2D eigenvalue weighted by molar-refractivity contribution is 6.15. The molecule has 0 radical (unpaired) electrons. The molecule has 0 N–H and O–H groups in total. The molecule has 0 amide bonds. The molecule has 1 heterocycles. The number of carbonyl (C=O) groups excluding carboxylic acids is 1. The predicted molar refractivity (Wildman–Crippen MR) is 116 cm³/mol. The van der Waals surface area contributed by atoms with E-state index in [-0.39, 0.29) is 5.56 Å². The minimum absolute atomic E-state index is 0.126. The largest absolute Gasteiger partial charge is 0.545 e. The number of hydrogen-bond acceptors (Lipinski definition) is 4. The van der Waals surface area contributed by atoms with Crippen molar-refractivity contribution in [2.45, 2.75) is 0 Å². The third kappa shape index (κ3) is 3.25. The fraction of sp³-hybridized carbons (Fsp3) is 0. The lowest BCUT2D eigenvalue weighted by molar-refractivity contribution is -0.254. The Balaban J connectivity index is 1.66. The quantitative estimate of drug-likeness (QED) is 0.395. The number of carboxylic acid groups (broad SMARTS) is 1. The molecule has 0 bridgehead atoms. The molecule has 4 heteroatoms. The maximum absolute atomic E-state index is 12.0. The minimum atomic E-state index is -1.23. The lowest BCUT2D eigenvalue weighted by atomic mass is 9.98. The van der Waals surface area contributed by atoms with Gasteiger partial charge in [0.2, 0.25) is 0 Å². The number of rotatable bonds is 4. The zero-order valence-corrected chi connectivity index (χ0v) is 15.9. The molecule has 0 saturated heterocycles. The zero-order valence-electron chi connectivity index (χ0n) is 15.9. The lowest BCUT2D eigenvalue weighted by Gasteiger charge is -2.13. The van der Waals surface area contributed by atoms with Gasteiger partial charge in [0.05, 0.1) is 17.2 Å². The number of benzene rings is 4. The van der Waals surface area contributed by atoms with Gasteiger partial charge in [-0.15, -0.1) is 0 Å². The number of nitrogens with zero attached hydrogens (tertiary/aromatic N) is 1. The molecule has 4 nitrogen and oxygen atoms in total. The molecule has 0 unspecified atom stereocenters. The van der Waals surface area contributed by atoms with Crippen molar-refractivity contribution in [1.29, 1.82) is 0 Å². The van der Waals surface area contributed by atoms with E-state index >= 15 is 0 Å². The van der Waals surface area contributed by atoms with Crippen molar-refractivity contribution in [1.82, 2.24) is 4.98 Å². The first kappa shape index (κ1) is 17.9. The van der Waals surface area contributed by atoms with E-state index in [0.29, 0.717) is 22.3 Å². The SMILES string of the molecule is O=C([O-])c1cc(-c2cccc(Oc3ccccc3)c2)nc2ccc3ccccc3c12. The minimum Gasteiger partial charge on any atom is -0.545 e. The average molecular weight is 390 g/mol. The van der Waals surface area contributed by atoms with Crippen molar-refractivity contribution in [2.75, 3.05) is 0 Å². The van der Waals surface area contributed by atoms with Crippen LogP contribution in [-0.2, 0) is 0 Å². The van der Waals surface area contributed by atoms with Crippen LogP contribution >= 0.6 is 0 Å². The number of carboxylic acids is 1. The van der Waals surface area contributed by atoms with Gasteiger partial charge in [-0.3, -0.25) is 0 Å². The second-order valence-electron chi connectivity index (χ2n) is 6.97. The fourth-order valence-electron chi connectivity index (χ4n) is 3.66. The highest BCUT2D eigenvalue weighted by atomic mass is 16.5. The van der Waals surface area contributed by atoms with Crippen molar-refractivity contribution < 1.29 is 14.6 Å². The first-order valence-electron chi connectivity index (χ1n) is 9.56. The summed E-state index contributed by atoms with van der Waals surface area (Å²) in [6.07, 6.45) is 0. The molecule has 0 atom stereocenters. The van der Waals surface area contributed by atoms with Crippen molar-refractivity contribution >= 4 is 27.6 Å². The molecule has 0 aliphatic heterocycles. The van der Waals surface area contributed by atoms with Crippen LogP contribution in [0.3, 0.4) is 0 Å². The van der Waals surface area contributed by atoms with Crippen LogP contribution in [0.4, 0.5) is 0 Å². The van der Waals surface area contributed by atoms with Gasteiger partial charge in [0.15, 0.2) is 0 Å². The summed E-state index contributed by atoms with van der Waals surface area (Å²) in [7, 11) is 0. The molecule has 1 aromatic heterocycles. The van der Waals surface area contributed by atoms with Gasteiger partial charge in [0.1, 0.15) is 11.5 Å². The lowest BCUT2D eigenvalue weighted by Crippen LogP contribution is -2.22. The topological polar surface area (TPSA) is 62.2 Å². The Labute approximate surface area is 173 Å². The second-order valence-corrected chi connectivity index (χ2v) is 6.97. The molecular weight excluding hydrogens is 374 g/mol. The van der Waals surface area contributed by atoms with Crippen LogP contribution in [0.1, 0.15) is 10.4 Å². The van der Waals surface area contributed by atoms with Gasteiger partial charge in [-0.25, -0.2) is 4.98 Å². The van der Waals surface area contributed by atoms with Crippen molar-refractivity contribution in [2.24, 2.45) is 0 Å². The normalized spacial score (nSPS) is 10.9. The summed E-state index contributed by atoms with van der Waals surface area (Å²) in [6.45, 7) is 0. The van der Waals surface area contributed by atoms with Crippen LogP contribution in [-0.4, -0.2) is 11.0 Å². The van der Waals surface area contributed by atoms with Crippen molar-refractivity contribution in [3.8, 4) is 22.8 Å². The van der Waals surface area contributed by atoms with Crippen molar-refractivity contribution in [3.63, 3.8) is 0 Å². The van der Waals surface area contributed by atoms with Gasteiger partial charge in [-0.1, -0.05) is 60.7 Å². The summed E-state index contributed by atoms with van der Waals surface area (Å²) >= 11 is 0. The third-order valence-corrected chi connectivity index (χ3v) is 5.03. The summed E-state index contributed by atoms with van der Waals surface area (Å²) in [5.74, 6) is 0.147. The summed E-state index contributed by atoms with van der Waals surface area (Å²) in [5, 5.41) is 14.4. The van der Waals surface area contributed by atoms with Crippen molar-refractivity contribution in [3.05, 3.63) is 103 Å². The Morgan fingerprint density at radius 3 is 2.37 bits per heavy atom. The smallest absolute Gasteiger partial charge is 0.128 e. The molecule has 0 saturated carbocycles. The Bertz CT molecular complexity index is 1390. The number of pyridine rings is 1. The monoisotopic (exact) mass is 390 g/mol. The number of carbonyl (C=O) groups is 1. The van der Waals surface area contributed by atoms with E-state index < -0.39 is 5.97 Å². The summed E-state index contributed by atoms with van der Waals surface area (Å²) in [5.41, 5.74) is 2.05. The first-order chi connectivity index (χ1) is 14.7. The number of fused-ring (bicyclic) bond motifs is 3. The van der Waals surface area contributed by atoms with Gasteiger partial charge in [-0.2, -0.15) is 0 Å². The zero-order chi connectivity index (χ0) is 20.5. The highest BCUT2D eigenvalue weighted by Crippen LogP contribution is 2.32. The van der Waals surface area contributed by atoms with E-state index in [1.165, 1.54) is 0 Å². The molecule has 0 aliphatic rings. The Hall–Kier alpha value is -4.18. The van der Waals surface area contributed by atoms with E-state index in [9.17, 15) is 9.90 Å². The van der Waals surface area contributed by atoms with Crippen LogP contribution < -0.4 is 9.84 Å². The maximum atomic E-state index is 12.0. The van der Waals surface area contributed by atoms with Crippen LogP contribution in [0, 0.1) is 0 Å². The number of ether oxygens (including phenoxy) is 1. The number of aromatic carboxylic acids is 1. The second kappa shape index (κ2) is 7.33. The van der Waals surface area contributed by atoms with E-state index in [1.54, 1.807) is 6.07 Å². The molecule has 0 spiro atoms. The summed E-state index contributed by atoms with van der Waals surface area (Å²) in [4.78, 5) is 16.7. The van der Waals surface area contributed by atoms with E-state index in [4.69, 9.17) is 9.72 Å². The summed E-state index contributed by atoms with van der Waals surface area (Å²) in [6, 6.07) is 30.0. The van der Waals surface area contributed by atoms with Gasteiger partial charge in [0.25, 0.3) is 0 Å². The third-order valence-electron chi connectivity index (χ3n) is 5.03. The number of aromatic nitrogens is 1. The molecule has 0 aliphatic carbocycles. The van der Waals surface area contributed by atoms with Crippen LogP contribution in [0.25, 0.3) is 32.9 Å². The molecule has 4 aromatic carbocycles. The maximum Gasteiger partial charge on any atom is 0.128 e. The van der Waals surface area contributed by atoms with Crippen LogP contribution in [0.5, 0.6) is 11.5 Å². The number of para-hydroxylation sites is 1. The Morgan fingerprint density at radius 2 is 1.53 bits per heavy atom. The van der Waals surface area contributed by atoms with E-state index in [2.05, 4.69) is 0 Å². The standard InChI is InChI=1S/C26H17NO3/c28-26(29)22-16-24(27-23-14-13-17-7-4-5-12-21(17)25(22)23)18-8-6-11-20(15-18)30-19-9-2-1-3-10-19/h1-16H,(H,28,29)/p-1. The molecule has 144 valence electrons. The molecule has 5 aromatic rings. The molecule has 5 rings (SSSR count). The molecule has 30 heavy (non-hydrogen) atoms. The average Bonchev–Trinajstić information content (AvgIpc) is 2.79. The summed E-state index contributed by atoms with van der Waals surface area (Å²) < 4.78 is 5.91. The number of hydrogen-bond donors (Lipinski definition) is 0. The van der Waals surface area contributed by atoms with Crippen LogP contribution in [0.2, 0.25) is 0 Å². The molecular formula is C26H16NO3-. The predicted octanol–water partition coefficient (Wildman–Crippen LogP) is 5.21. The van der Waals surface area contributed by atoms with E-state index in [0.717, 1.165) is 22.1 Å². The van der Waals surface area contributed by atoms with Gasteiger partial charge >= 0.3 is 0 Å². The Kier molecular flexibility index (Phi) is 4.37.